The molecule has 0 bridgehead atoms. The number of anilines is 1. The fraction of sp³-hybridized carbons (Fsp3) is 0.0667. The highest BCUT2D eigenvalue weighted by Gasteiger charge is 2.12. The number of hydrogen-bond donors (Lipinski definition) is 1. The van der Waals surface area contributed by atoms with Gasteiger partial charge in [-0.3, -0.25) is 9.36 Å². The van der Waals surface area contributed by atoms with Crippen molar-refractivity contribution in [2.75, 3.05) is 19.0 Å². The molecule has 0 saturated heterocycles. The molecule has 0 aliphatic carbocycles. The molecule has 0 fully saturated rings. The number of nitrogens with one attached hydrogen (secondary N) is 1. The fourth-order valence-corrected chi connectivity index (χ4v) is 3.84. The molecule has 3 aromatic carbocycles. The van der Waals surface area contributed by atoms with Gasteiger partial charge in [0, 0.05) is 17.8 Å². The first-order valence-electron chi connectivity index (χ1n) is 11.5. The van der Waals surface area contributed by atoms with E-state index >= 15 is 0 Å². The Hall–Kier alpha value is -5.22. The summed E-state index contributed by atoms with van der Waals surface area (Å²) in [6.45, 7) is 7.76. The Labute approximate surface area is 215 Å². The first-order valence-corrected chi connectivity index (χ1v) is 11.5. The van der Waals surface area contributed by atoms with E-state index in [2.05, 4.69) is 29.7 Å². The summed E-state index contributed by atoms with van der Waals surface area (Å²) < 4.78 is 6.83. The summed E-state index contributed by atoms with van der Waals surface area (Å²) in [5.41, 5.74) is 4.10. The average molecular weight is 488 g/mol. The summed E-state index contributed by atoms with van der Waals surface area (Å²) >= 11 is 0. The van der Waals surface area contributed by atoms with Gasteiger partial charge in [0.1, 0.15) is 5.82 Å². The van der Waals surface area contributed by atoms with Gasteiger partial charge in [0.2, 0.25) is 5.88 Å². The quantitative estimate of drug-likeness (QED) is 0.189. The normalized spacial score (nSPS) is 11.6. The second-order valence-electron chi connectivity index (χ2n) is 8.00. The lowest BCUT2D eigenvalue weighted by molar-refractivity contribution is 0.285. The molecule has 1 heterocycles. The number of benzene rings is 3. The third-order valence-electron chi connectivity index (χ3n) is 5.71. The zero-order valence-electron chi connectivity index (χ0n) is 20.4. The van der Waals surface area contributed by atoms with E-state index in [-0.39, 0.29) is 5.56 Å². The van der Waals surface area contributed by atoms with Crippen molar-refractivity contribution in [3.05, 3.63) is 124 Å². The lowest BCUT2D eigenvalue weighted by atomic mass is 10.1. The first-order chi connectivity index (χ1) is 18.1. The van der Waals surface area contributed by atoms with Crippen LogP contribution < -0.4 is 10.9 Å². The third kappa shape index (κ3) is 5.55. The Bertz CT molecular complexity index is 1620. The maximum Gasteiger partial charge on any atom is 0.266 e. The van der Waals surface area contributed by atoms with Crippen LogP contribution in [0.25, 0.3) is 28.7 Å². The number of para-hydroxylation sites is 1. The number of ether oxygens (including phenoxy) is 1. The molecule has 0 saturated carbocycles. The second kappa shape index (κ2) is 11.5. The van der Waals surface area contributed by atoms with E-state index in [1.54, 1.807) is 34.9 Å². The number of fused-ring (bicyclic) bond motifs is 1. The molecule has 0 radical (unpaired) electrons. The van der Waals surface area contributed by atoms with Gasteiger partial charge in [-0.1, -0.05) is 49.1 Å². The Balaban J connectivity index is 1.77. The van der Waals surface area contributed by atoms with Crippen molar-refractivity contribution in [3.63, 3.8) is 0 Å². The molecule has 0 unspecified atom stereocenters. The number of aromatic nitrogens is 2. The van der Waals surface area contributed by atoms with E-state index < -0.39 is 0 Å². The topological polar surface area (TPSA) is 92.3 Å². The summed E-state index contributed by atoms with van der Waals surface area (Å²) in [6, 6.07) is 24.1. The zero-order valence-corrected chi connectivity index (χ0v) is 20.4. The summed E-state index contributed by atoms with van der Waals surface area (Å²) in [5, 5.41) is 12.9. The highest BCUT2D eigenvalue weighted by molar-refractivity contribution is 5.80. The van der Waals surface area contributed by atoms with E-state index in [0.29, 0.717) is 40.4 Å². The number of rotatable bonds is 9. The molecular formula is C30H25N5O2. The van der Waals surface area contributed by atoms with Crippen LogP contribution in [0.2, 0.25) is 0 Å². The van der Waals surface area contributed by atoms with Gasteiger partial charge >= 0.3 is 0 Å². The average Bonchev–Trinajstić information content (AvgIpc) is 2.94. The Morgan fingerprint density at radius 1 is 1.14 bits per heavy atom. The predicted molar refractivity (Wildman–Crippen MR) is 150 cm³/mol. The molecule has 0 spiro atoms. The van der Waals surface area contributed by atoms with Gasteiger partial charge in [0.25, 0.3) is 5.56 Å². The molecule has 0 atom stereocenters. The zero-order chi connectivity index (χ0) is 26.2. The molecule has 0 aliphatic heterocycles. The summed E-state index contributed by atoms with van der Waals surface area (Å²) in [4.78, 5) is 22.3. The fourth-order valence-electron chi connectivity index (χ4n) is 3.84. The standard InChI is InChI=1S/C30H25N5O2/c1-4-23(29(32-2)37-3)20-33-24-8-7-9-25(18-24)35-28(17-16-21-12-14-22(19-31)15-13-21)34-27-11-6-5-10-26(27)30(35)36/h4-18,33H,1-2,20H2,3H3/b17-16+,29-23-. The Morgan fingerprint density at radius 2 is 1.92 bits per heavy atom. The number of methoxy groups -OCH3 is 1. The van der Waals surface area contributed by atoms with Crippen LogP contribution in [0.4, 0.5) is 5.69 Å². The van der Waals surface area contributed by atoms with Crippen molar-refractivity contribution in [3.8, 4) is 11.8 Å². The molecule has 0 aliphatic rings. The van der Waals surface area contributed by atoms with Gasteiger partial charge in [-0.05, 0) is 60.8 Å². The minimum absolute atomic E-state index is 0.175. The lowest BCUT2D eigenvalue weighted by Gasteiger charge is -2.14. The predicted octanol–water partition coefficient (Wildman–Crippen LogP) is 5.58. The number of hydrogen-bond acceptors (Lipinski definition) is 6. The largest absolute Gasteiger partial charge is 0.481 e. The van der Waals surface area contributed by atoms with Crippen molar-refractivity contribution >= 4 is 35.5 Å². The van der Waals surface area contributed by atoms with Crippen LogP contribution in [0.15, 0.2) is 107 Å². The number of aliphatic imine (C=N–C) groups is 1. The van der Waals surface area contributed by atoms with Crippen LogP contribution in [-0.4, -0.2) is 29.9 Å². The van der Waals surface area contributed by atoms with E-state index in [0.717, 1.165) is 16.8 Å². The van der Waals surface area contributed by atoms with Gasteiger partial charge in [0.05, 0.1) is 35.3 Å². The van der Waals surface area contributed by atoms with Crippen LogP contribution in [0.1, 0.15) is 17.0 Å². The summed E-state index contributed by atoms with van der Waals surface area (Å²) in [7, 11) is 1.53. The molecule has 4 rings (SSSR count). The first kappa shape index (κ1) is 24.9. The van der Waals surface area contributed by atoms with Crippen molar-refractivity contribution in [1.82, 2.24) is 9.55 Å². The van der Waals surface area contributed by atoms with Gasteiger partial charge < -0.3 is 10.1 Å². The highest BCUT2D eigenvalue weighted by atomic mass is 16.5. The minimum atomic E-state index is -0.175. The van der Waals surface area contributed by atoms with Crippen LogP contribution in [-0.2, 0) is 4.74 Å². The van der Waals surface area contributed by atoms with Crippen molar-refractivity contribution in [2.45, 2.75) is 0 Å². The van der Waals surface area contributed by atoms with E-state index in [1.165, 1.54) is 7.11 Å². The van der Waals surface area contributed by atoms with Gasteiger partial charge in [-0.2, -0.15) is 5.26 Å². The molecule has 37 heavy (non-hydrogen) atoms. The van der Waals surface area contributed by atoms with Gasteiger partial charge in [0.15, 0.2) is 0 Å². The summed E-state index contributed by atoms with van der Waals surface area (Å²) in [5.74, 6) is 0.873. The molecule has 4 aromatic rings. The monoisotopic (exact) mass is 487 g/mol. The molecule has 7 heteroatoms. The maximum atomic E-state index is 13.6. The van der Waals surface area contributed by atoms with Crippen molar-refractivity contribution in [2.24, 2.45) is 4.99 Å². The van der Waals surface area contributed by atoms with Crippen LogP contribution in [0.5, 0.6) is 0 Å². The maximum absolute atomic E-state index is 13.6. The van der Waals surface area contributed by atoms with Crippen LogP contribution >= 0.6 is 0 Å². The Kier molecular flexibility index (Phi) is 7.72. The van der Waals surface area contributed by atoms with Crippen molar-refractivity contribution in [1.29, 1.82) is 5.26 Å². The third-order valence-corrected chi connectivity index (χ3v) is 5.71. The second-order valence-corrected chi connectivity index (χ2v) is 8.00. The minimum Gasteiger partial charge on any atom is -0.481 e. The molecule has 0 amide bonds. The summed E-state index contributed by atoms with van der Waals surface area (Å²) in [6.07, 6.45) is 5.33. The van der Waals surface area contributed by atoms with E-state index in [9.17, 15) is 4.79 Å². The molecule has 1 aromatic heterocycles. The van der Waals surface area contributed by atoms with E-state index in [4.69, 9.17) is 15.0 Å². The number of nitrogens with zero attached hydrogens (tertiary/aromatic N) is 4. The lowest BCUT2D eigenvalue weighted by Crippen LogP contribution is -2.22. The molecular weight excluding hydrogens is 462 g/mol. The molecule has 1 N–H and O–H groups in total. The Morgan fingerprint density at radius 3 is 2.62 bits per heavy atom. The van der Waals surface area contributed by atoms with E-state index in [1.807, 2.05) is 60.7 Å². The van der Waals surface area contributed by atoms with Crippen molar-refractivity contribution < 1.29 is 4.74 Å². The van der Waals surface area contributed by atoms with Crippen LogP contribution in [0.3, 0.4) is 0 Å². The molecule has 7 nitrogen and oxygen atoms in total. The van der Waals surface area contributed by atoms with Crippen LogP contribution in [0, 0.1) is 11.3 Å². The van der Waals surface area contributed by atoms with Gasteiger partial charge in [-0.15, -0.1) is 0 Å². The number of nitriles is 1. The highest BCUT2D eigenvalue weighted by Crippen LogP contribution is 2.19. The molecule has 182 valence electrons. The SMILES string of the molecule is C=C/C(CNc1cccc(-n2c(/C=C/c3ccc(C#N)cc3)nc3ccccc3c2=O)c1)=C(\N=C)OC. The van der Waals surface area contributed by atoms with Gasteiger partial charge in [-0.25, -0.2) is 9.98 Å². The smallest absolute Gasteiger partial charge is 0.266 e.